The van der Waals surface area contributed by atoms with Gasteiger partial charge in [0.25, 0.3) is 11.8 Å². The molecule has 0 saturated carbocycles. The zero-order chi connectivity index (χ0) is 22.8. The van der Waals surface area contributed by atoms with Crippen molar-refractivity contribution in [3.63, 3.8) is 0 Å². The van der Waals surface area contributed by atoms with E-state index in [-0.39, 0.29) is 17.6 Å². The highest BCUT2D eigenvalue weighted by molar-refractivity contribution is 6.05. The number of amides is 2. The third kappa shape index (κ3) is 4.12. The van der Waals surface area contributed by atoms with Gasteiger partial charge in [-0.2, -0.15) is 0 Å². The second kappa shape index (κ2) is 8.47. The van der Waals surface area contributed by atoms with Gasteiger partial charge >= 0.3 is 0 Å². The van der Waals surface area contributed by atoms with E-state index in [1.54, 1.807) is 36.4 Å². The van der Waals surface area contributed by atoms with Crippen LogP contribution in [0.5, 0.6) is 0 Å². The highest BCUT2D eigenvalue weighted by atomic mass is 16.3. The van der Waals surface area contributed by atoms with Gasteiger partial charge in [0, 0.05) is 29.5 Å². The lowest BCUT2D eigenvalue weighted by atomic mass is 10.1. The third-order valence-electron chi connectivity index (χ3n) is 5.34. The molecule has 5 rings (SSSR count). The minimum Gasteiger partial charge on any atom is -0.459 e. The number of imidazole rings is 1. The summed E-state index contributed by atoms with van der Waals surface area (Å²) in [5.74, 6) is 0.493. The van der Waals surface area contributed by atoms with Crippen molar-refractivity contribution in [2.45, 2.75) is 0 Å². The summed E-state index contributed by atoms with van der Waals surface area (Å²) in [6, 6.07) is 25.4. The van der Waals surface area contributed by atoms with Gasteiger partial charge in [-0.1, -0.05) is 12.1 Å². The first kappa shape index (κ1) is 20.3. The summed E-state index contributed by atoms with van der Waals surface area (Å²) in [5.41, 5.74) is 4.69. The molecule has 0 saturated heterocycles. The van der Waals surface area contributed by atoms with Crippen LogP contribution in [0.3, 0.4) is 0 Å². The zero-order valence-corrected chi connectivity index (χ0v) is 17.8. The Morgan fingerprint density at radius 2 is 1.45 bits per heavy atom. The largest absolute Gasteiger partial charge is 0.459 e. The summed E-state index contributed by atoms with van der Waals surface area (Å²) >= 11 is 0. The first-order valence-electron chi connectivity index (χ1n) is 10.4. The fraction of sp³-hybridized carbons (Fsp3) is 0.0385. The maximum Gasteiger partial charge on any atom is 0.291 e. The Bertz CT molecular complexity index is 1430. The highest BCUT2D eigenvalue weighted by Gasteiger charge is 2.12. The van der Waals surface area contributed by atoms with Gasteiger partial charge in [-0.15, -0.1) is 0 Å². The van der Waals surface area contributed by atoms with E-state index in [4.69, 9.17) is 9.40 Å². The Balaban J connectivity index is 1.26. The predicted molar refractivity (Wildman–Crippen MR) is 127 cm³/mol. The maximum atomic E-state index is 12.6. The molecule has 0 aliphatic carbocycles. The molecule has 0 bridgehead atoms. The first-order valence-corrected chi connectivity index (χ1v) is 10.4. The zero-order valence-electron chi connectivity index (χ0n) is 17.8. The fourth-order valence-corrected chi connectivity index (χ4v) is 3.62. The lowest BCUT2D eigenvalue weighted by Crippen LogP contribution is -2.13. The first-order chi connectivity index (χ1) is 16.1. The number of para-hydroxylation sites is 2. The number of aromatic nitrogens is 2. The second-order valence-electron chi connectivity index (χ2n) is 7.52. The van der Waals surface area contributed by atoms with E-state index in [0.29, 0.717) is 16.9 Å². The van der Waals surface area contributed by atoms with Crippen molar-refractivity contribution in [1.82, 2.24) is 9.55 Å². The molecule has 162 valence electrons. The Morgan fingerprint density at radius 1 is 0.788 bits per heavy atom. The van der Waals surface area contributed by atoms with Crippen LogP contribution in [0.1, 0.15) is 20.9 Å². The summed E-state index contributed by atoms with van der Waals surface area (Å²) in [5, 5.41) is 5.62. The van der Waals surface area contributed by atoms with Crippen LogP contribution in [-0.4, -0.2) is 21.4 Å². The molecular weight excluding hydrogens is 416 g/mol. The van der Waals surface area contributed by atoms with E-state index < -0.39 is 0 Å². The number of aryl methyl sites for hydroxylation is 1. The Labute approximate surface area is 189 Å². The number of hydrogen-bond donors (Lipinski definition) is 2. The quantitative estimate of drug-likeness (QED) is 0.389. The number of anilines is 2. The van der Waals surface area contributed by atoms with Gasteiger partial charge in [-0.05, 0) is 72.8 Å². The molecule has 0 spiro atoms. The summed E-state index contributed by atoms with van der Waals surface area (Å²) in [6.45, 7) is 0. The molecule has 2 N–H and O–H groups in total. The summed E-state index contributed by atoms with van der Waals surface area (Å²) in [4.78, 5) is 29.4. The van der Waals surface area contributed by atoms with Crippen molar-refractivity contribution in [2.24, 2.45) is 7.05 Å². The van der Waals surface area contributed by atoms with Crippen molar-refractivity contribution < 1.29 is 14.0 Å². The van der Waals surface area contributed by atoms with E-state index in [9.17, 15) is 9.59 Å². The molecule has 2 heterocycles. The lowest BCUT2D eigenvalue weighted by molar-refractivity contribution is 0.0995. The van der Waals surface area contributed by atoms with Crippen LogP contribution >= 0.6 is 0 Å². The van der Waals surface area contributed by atoms with E-state index in [2.05, 4.69) is 15.2 Å². The van der Waals surface area contributed by atoms with Gasteiger partial charge in [-0.3, -0.25) is 9.59 Å². The molecule has 2 aromatic heterocycles. The van der Waals surface area contributed by atoms with Crippen LogP contribution in [0, 0.1) is 0 Å². The van der Waals surface area contributed by atoms with Crippen molar-refractivity contribution in [3.8, 4) is 11.4 Å². The third-order valence-corrected chi connectivity index (χ3v) is 5.34. The minimum absolute atomic E-state index is 0.221. The summed E-state index contributed by atoms with van der Waals surface area (Å²) in [7, 11) is 1.99. The van der Waals surface area contributed by atoms with E-state index >= 15 is 0 Å². The van der Waals surface area contributed by atoms with Crippen molar-refractivity contribution in [1.29, 1.82) is 0 Å². The average molecular weight is 436 g/mol. The number of fused-ring (bicyclic) bond motifs is 1. The number of furan rings is 1. The van der Waals surface area contributed by atoms with Crippen molar-refractivity contribution in [2.75, 3.05) is 10.6 Å². The van der Waals surface area contributed by atoms with Gasteiger partial charge in [0.1, 0.15) is 5.82 Å². The van der Waals surface area contributed by atoms with Crippen LogP contribution in [-0.2, 0) is 7.05 Å². The smallest absolute Gasteiger partial charge is 0.291 e. The second-order valence-corrected chi connectivity index (χ2v) is 7.52. The number of rotatable bonds is 5. The summed E-state index contributed by atoms with van der Waals surface area (Å²) in [6.07, 6.45) is 1.44. The van der Waals surface area contributed by atoms with Gasteiger partial charge in [0.05, 0.1) is 17.3 Å². The number of hydrogen-bond acceptors (Lipinski definition) is 4. The van der Waals surface area contributed by atoms with Crippen LogP contribution in [0.4, 0.5) is 11.4 Å². The molecule has 0 unspecified atom stereocenters. The normalized spacial score (nSPS) is 10.8. The Hall–Kier alpha value is -4.65. The van der Waals surface area contributed by atoms with Gasteiger partial charge in [0.15, 0.2) is 5.76 Å². The molecular formula is C26H20N4O3. The predicted octanol–water partition coefficient (Wildman–Crippen LogP) is 5.34. The molecule has 0 radical (unpaired) electrons. The molecule has 0 fully saturated rings. The highest BCUT2D eigenvalue weighted by Crippen LogP contribution is 2.25. The molecule has 0 atom stereocenters. The van der Waals surface area contributed by atoms with E-state index in [1.165, 1.54) is 6.26 Å². The molecule has 7 nitrogen and oxygen atoms in total. The van der Waals surface area contributed by atoms with Crippen LogP contribution < -0.4 is 10.6 Å². The molecule has 3 aromatic carbocycles. The number of benzene rings is 3. The Kier molecular flexibility index (Phi) is 5.20. The topological polar surface area (TPSA) is 89.2 Å². The number of nitrogens with zero attached hydrogens (tertiary/aromatic N) is 2. The van der Waals surface area contributed by atoms with Gasteiger partial charge in [-0.25, -0.2) is 4.98 Å². The van der Waals surface area contributed by atoms with Gasteiger partial charge < -0.3 is 19.6 Å². The van der Waals surface area contributed by atoms with Crippen LogP contribution in [0.15, 0.2) is 95.6 Å². The fourth-order valence-electron chi connectivity index (χ4n) is 3.62. The molecule has 0 aliphatic rings. The maximum absolute atomic E-state index is 12.6. The number of carbonyl (C=O) groups excluding carboxylic acids is 2. The molecule has 7 heteroatoms. The minimum atomic E-state index is -0.349. The van der Waals surface area contributed by atoms with Gasteiger partial charge in [0.2, 0.25) is 0 Å². The van der Waals surface area contributed by atoms with Crippen molar-refractivity contribution >= 4 is 34.2 Å². The summed E-state index contributed by atoms with van der Waals surface area (Å²) < 4.78 is 7.12. The molecule has 33 heavy (non-hydrogen) atoms. The van der Waals surface area contributed by atoms with Crippen LogP contribution in [0.2, 0.25) is 0 Å². The number of carbonyl (C=O) groups is 2. The lowest BCUT2D eigenvalue weighted by Gasteiger charge is -2.08. The molecule has 2 amide bonds. The average Bonchev–Trinajstić information content (AvgIpc) is 3.49. The number of nitrogens with one attached hydrogen (secondary N) is 2. The van der Waals surface area contributed by atoms with Crippen molar-refractivity contribution in [3.05, 3.63) is 103 Å². The monoisotopic (exact) mass is 436 g/mol. The Morgan fingerprint density at radius 3 is 2.12 bits per heavy atom. The SMILES string of the molecule is Cn1c(-c2ccc(NC(=O)c3ccc(NC(=O)c4ccco4)cc3)cc2)nc2ccccc21. The van der Waals surface area contributed by atoms with E-state index in [1.807, 2.05) is 55.6 Å². The standard InChI is InChI=1S/C26H20N4O3/c1-30-22-6-3-2-5-21(22)29-24(30)17-8-12-19(13-9-17)27-25(31)18-10-14-20(15-11-18)28-26(32)23-7-4-16-33-23/h2-16H,1H3,(H,27,31)(H,28,32). The van der Waals surface area contributed by atoms with E-state index in [0.717, 1.165) is 22.4 Å². The molecule has 0 aliphatic heterocycles. The molecule has 5 aromatic rings. The van der Waals surface area contributed by atoms with Crippen LogP contribution in [0.25, 0.3) is 22.4 Å².